The Hall–Kier alpha value is -2.42. The molecular weight excluding hydrogens is 326 g/mol. The summed E-state index contributed by atoms with van der Waals surface area (Å²) in [5, 5.41) is 15.0. The molecule has 1 aromatic rings. The first kappa shape index (κ1) is 20.6. The van der Waals surface area contributed by atoms with Gasteiger partial charge >= 0.3 is 11.9 Å². The van der Waals surface area contributed by atoms with Crippen molar-refractivity contribution in [1.29, 1.82) is 0 Å². The van der Waals surface area contributed by atoms with Gasteiger partial charge in [0.05, 0.1) is 13.0 Å². The molecule has 0 radical (unpaired) electrons. The molecule has 0 aliphatic rings. The zero-order valence-corrected chi connectivity index (χ0v) is 14.7. The molecule has 9 nitrogen and oxygen atoms in total. The van der Waals surface area contributed by atoms with E-state index >= 15 is 0 Å². The van der Waals surface area contributed by atoms with Crippen molar-refractivity contribution in [3.8, 4) is 0 Å². The third-order valence-electron chi connectivity index (χ3n) is 3.64. The van der Waals surface area contributed by atoms with Crippen molar-refractivity contribution in [2.75, 3.05) is 37.4 Å². The van der Waals surface area contributed by atoms with E-state index in [0.717, 1.165) is 12.8 Å². The number of aliphatic carboxylic acids is 1. The van der Waals surface area contributed by atoms with Gasteiger partial charge in [0.15, 0.2) is 0 Å². The largest absolute Gasteiger partial charge is 0.481 e. The lowest BCUT2D eigenvalue weighted by Crippen LogP contribution is -2.16. The maximum atomic E-state index is 11.8. The zero-order valence-electron chi connectivity index (χ0n) is 14.7. The minimum absolute atomic E-state index is 0.237. The first-order valence-corrected chi connectivity index (χ1v) is 8.35. The molecule has 0 bridgehead atoms. The molecule has 0 unspecified atom stereocenters. The van der Waals surface area contributed by atoms with Gasteiger partial charge in [0, 0.05) is 19.3 Å². The molecular formula is C16H27N5O4. The third kappa shape index (κ3) is 7.34. The quantitative estimate of drug-likeness (QED) is 0.323. The van der Waals surface area contributed by atoms with Crippen molar-refractivity contribution >= 4 is 23.7 Å². The van der Waals surface area contributed by atoms with Gasteiger partial charge in [0.2, 0.25) is 5.95 Å². The summed E-state index contributed by atoms with van der Waals surface area (Å²) in [4.78, 5) is 31.1. The SMILES string of the molecule is COC(=O)c1cnc(NCCCCN)nc1NCCC[C@H](C)C(=O)O. The second-order valence-corrected chi connectivity index (χ2v) is 5.68. The lowest BCUT2D eigenvalue weighted by Gasteiger charge is -2.12. The Morgan fingerprint density at radius 2 is 2.00 bits per heavy atom. The molecule has 1 aromatic heterocycles. The number of unbranched alkanes of at least 4 members (excludes halogenated alkanes) is 1. The van der Waals surface area contributed by atoms with Crippen LogP contribution in [0, 0.1) is 5.92 Å². The molecule has 0 fully saturated rings. The van der Waals surface area contributed by atoms with Crippen LogP contribution in [0.3, 0.4) is 0 Å². The lowest BCUT2D eigenvalue weighted by atomic mass is 10.1. The highest BCUT2D eigenvalue weighted by Gasteiger charge is 2.15. The normalized spacial score (nSPS) is 11.6. The van der Waals surface area contributed by atoms with Crippen LogP contribution in [0.25, 0.3) is 0 Å². The van der Waals surface area contributed by atoms with Gasteiger partial charge in [-0.2, -0.15) is 4.98 Å². The average molecular weight is 353 g/mol. The number of carboxylic acid groups (broad SMARTS) is 1. The standard InChI is InChI=1S/C16H27N5O4/c1-11(14(22)23)6-5-9-18-13-12(15(24)25-2)10-20-16(21-13)19-8-4-3-7-17/h10-11H,3-9,17H2,1-2H3,(H,22,23)(H2,18,19,20,21)/t11-/m0/s1. The molecule has 0 amide bonds. The Morgan fingerprint density at radius 3 is 2.64 bits per heavy atom. The number of nitrogens with two attached hydrogens (primary N) is 1. The van der Waals surface area contributed by atoms with Gasteiger partial charge < -0.3 is 26.2 Å². The number of methoxy groups -OCH3 is 1. The number of ether oxygens (including phenoxy) is 1. The predicted octanol–water partition coefficient (Wildman–Crippen LogP) is 1.33. The fraction of sp³-hybridized carbons (Fsp3) is 0.625. The smallest absolute Gasteiger partial charge is 0.343 e. The molecule has 1 rings (SSSR count). The summed E-state index contributed by atoms with van der Waals surface area (Å²) in [5.74, 6) is -0.985. The van der Waals surface area contributed by atoms with E-state index in [-0.39, 0.29) is 5.56 Å². The topological polar surface area (TPSA) is 139 Å². The maximum absolute atomic E-state index is 11.8. The Balaban J connectivity index is 2.67. The van der Waals surface area contributed by atoms with E-state index in [9.17, 15) is 9.59 Å². The number of carbonyl (C=O) groups excluding carboxylic acids is 1. The maximum Gasteiger partial charge on any atom is 0.343 e. The van der Waals surface area contributed by atoms with E-state index in [1.165, 1.54) is 13.3 Å². The lowest BCUT2D eigenvalue weighted by molar-refractivity contribution is -0.141. The van der Waals surface area contributed by atoms with Crippen LogP contribution in [0.5, 0.6) is 0 Å². The van der Waals surface area contributed by atoms with Crippen molar-refractivity contribution in [2.24, 2.45) is 11.7 Å². The molecule has 0 aromatic carbocycles. The molecule has 5 N–H and O–H groups in total. The van der Waals surface area contributed by atoms with Gasteiger partial charge in [0.25, 0.3) is 0 Å². The van der Waals surface area contributed by atoms with E-state index in [4.69, 9.17) is 15.6 Å². The van der Waals surface area contributed by atoms with Crippen LogP contribution in [0.1, 0.15) is 43.0 Å². The Morgan fingerprint density at radius 1 is 1.28 bits per heavy atom. The van der Waals surface area contributed by atoms with Gasteiger partial charge in [-0.3, -0.25) is 4.79 Å². The van der Waals surface area contributed by atoms with Crippen molar-refractivity contribution < 1.29 is 19.4 Å². The molecule has 9 heteroatoms. The van der Waals surface area contributed by atoms with E-state index in [1.807, 2.05) is 0 Å². The number of esters is 1. The summed E-state index contributed by atoms with van der Waals surface area (Å²) in [6.45, 7) is 3.47. The van der Waals surface area contributed by atoms with E-state index in [2.05, 4.69) is 20.6 Å². The van der Waals surface area contributed by atoms with E-state index < -0.39 is 17.9 Å². The molecule has 0 saturated carbocycles. The first-order chi connectivity index (χ1) is 12.0. The summed E-state index contributed by atoms with van der Waals surface area (Å²) in [6.07, 6.45) is 4.38. The minimum Gasteiger partial charge on any atom is -0.481 e. The monoisotopic (exact) mass is 353 g/mol. The second-order valence-electron chi connectivity index (χ2n) is 5.68. The minimum atomic E-state index is -0.818. The number of carboxylic acids is 1. The number of rotatable bonds is 12. The van der Waals surface area contributed by atoms with Crippen molar-refractivity contribution in [3.05, 3.63) is 11.8 Å². The Labute approximate surface area is 147 Å². The number of hydrogen-bond acceptors (Lipinski definition) is 8. The van der Waals surface area contributed by atoms with Gasteiger partial charge in [0.1, 0.15) is 11.4 Å². The van der Waals surface area contributed by atoms with E-state index in [0.29, 0.717) is 44.2 Å². The first-order valence-electron chi connectivity index (χ1n) is 8.35. The number of aromatic nitrogens is 2. The van der Waals surface area contributed by atoms with Crippen LogP contribution in [0.4, 0.5) is 11.8 Å². The van der Waals surface area contributed by atoms with Crippen molar-refractivity contribution in [3.63, 3.8) is 0 Å². The van der Waals surface area contributed by atoms with Gasteiger partial charge in [-0.1, -0.05) is 6.92 Å². The van der Waals surface area contributed by atoms with Crippen LogP contribution < -0.4 is 16.4 Å². The number of anilines is 2. The average Bonchev–Trinajstić information content (AvgIpc) is 2.61. The van der Waals surface area contributed by atoms with Crippen LogP contribution in [-0.4, -0.2) is 53.8 Å². The summed E-state index contributed by atoms with van der Waals surface area (Å²) in [5.41, 5.74) is 5.69. The fourth-order valence-corrected chi connectivity index (χ4v) is 2.07. The number of nitrogens with zero attached hydrogens (tertiary/aromatic N) is 2. The highest BCUT2D eigenvalue weighted by molar-refractivity contribution is 5.94. The molecule has 0 aliphatic carbocycles. The van der Waals surface area contributed by atoms with Crippen molar-refractivity contribution in [2.45, 2.75) is 32.6 Å². The predicted molar refractivity (Wildman–Crippen MR) is 94.7 cm³/mol. The van der Waals surface area contributed by atoms with Crippen molar-refractivity contribution in [1.82, 2.24) is 9.97 Å². The van der Waals surface area contributed by atoms with Gasteiger partial charge in [-0.15, -0.1) is 0 Å². The highest BCUT2D eigenvalue weighted by atomic mass is 16.5. The van der Waals surface area contributed by atoms with Crippen LogP contribution in [-0.2, 0) is 9.53 Å². The summed E-state index contributed by atoms with van der Waals surface area (Å²) in [6, 6.07) is 0. The summed E-state index contributed by atoms with van der Waals surface area (Å²) < 4.78 is 4.73. The zero-order chi connectivity index (χ0) is 18.7. The fourth-order valence-electron chi connectivity index (χ4n) is 2.07. The third-order valence-corrected chi connectivity index (χ3v) is 3.64. The van der Waals surface area contributed by atoms with Crippen LogP contribution >= 0.6 is 0 Å². The van der Waals surface area contributed by atoms with Crippen LogP contribution in [0.2, 0.25) is 0 Å². The molecule has 0 aliphatic heterocycles. The summed E-state index contributed by atoms with van der Waals surface area (Å²) in [7, 11) is 1.29. The van der Waals surface area contributed by atoms with Gasteiger partial charge in [-0.25, -0.2) is 9.78 Å². The Bertz CT molecular complexity index is 567. The van der Waals surface area contributed by atoms with Crippen LogP contribution in [0.15, 0.2) is 6.20 Å². The number of nitrogens with one attached hydrogen (secondary N) is 2. The molecule has 0 spiro atoms. The molecule has 0 saturated heterocycles. The summed E-state index contributed by atoms with van der Waals surface area (Å²) >= 11 is 0. The van der Waals surface area contributed by atoms with E-state index in [1.54, 1.807) is 6.92 Å². The molecule has 25 heavy (non-hydrogen) atoms. The molecule has 1 heterocycles. The second kappa shape index (κ2) is 11.2. The molecule has 140 valence electrons. The number of hydrogen-bond donors (Lipinski definition) is 4. The molecule has 1 atom stereocenters. The van der Waals surface area contributed by atoms with Gasteiger partial charge in [-0.05, 0) is 32.2 Å². The number of carbonyl (C=O) groups is 2. The Kier molecular flexibility index (Phi) is 9.23. The highest BCUT2D eigenvalue weighted by Crippen LogP contribution is 2.16.